The van der Waals surface area contributed by atoms with Gasteiger partial charge in [0.1, 0.15) is 0 Å². The van der Waals surface area contributed by atoms with E-state index in [2.05, 4.69) is 17.9 Å². The molecule has 0 aromatic heterocycles. The average molecular weight is 248 g/mol. The van der Waals surface area contributed by atoms with Crippen molar-refractivity contribution in [2.24, 2.45) is 11.3 Å². The van der Waals surface area contributed by atoms with Gasteiger partial charge in [0.2, 0.25) is 0 Å². The Morgan fingerprint density at radius 3 is 2.39 bits per heavy atom. The lowest BCUT2D eigenvalue weighted by molar-refractivity contribution is -0.0684. The molecule has 2 saturated carbocycles. The zero-order valence-corrected chi connectivity index (χ0v) is 11.4. The van der Waals surface area contributed by atoms with Crippen molar-refractivity contribution in [1.29, 1.82) is 5.26 Å². The van der Waals surface area contributed by atoms with Crippen LogP contribution in [0.1, 0.15) is 51.9 Å². The molecular formula is C15H24N2O. The summed E-state index contributed by atoms with van der Waals surface area (Å²) in [6, 6.07) is 3.23. The van der Waals surface area contributed by atoms with Gasteiger partial charge in [-0.2, -0.15) is 5.26 Å². The van der Waals surface area contributed by atoms with Gasteiger partial charge in [-0.3, -0.25) is 4.90 Å². The molecule has 3 nitrogen and oxygen atoms in total. The van der Waals surface area contributed by atoms with Crippen LogP contribution in [0, 0.1) is 22.7 Å². The first-order chi connectivity index (χ1) is 8.59. The normalized spacial score (nSPS) is 45.9. The quantitative estimate of drug-likeness (QED) is 0.815. The van der Waals surface area contributed by atoms with E-state index in [0.29, 0.717) is 6.04 Å². The molecule has 0 radical (unpaired) electrons. The smallest absolute Gasteiger partial charge is 0.0971 e. The van der Waals surface area contributed by atoms with Gasteiger partial charge in [0, 0.05) is 19.1 Å². The van der Waals surface area contributed by atoms with Crippen LogP contribution in [-0.2, 0) is 0 Å². The summed E-state index contributed by atoms with van der Waals surface area (Å²) in [5.74, 6) is 0.719. The Labute approximate surface area is 110 Å². The lowest BCUT2D eigenvalue weighted by Crippen LogP contribution is -2.51. The second-order valence-electron chi connectivity index (χ2n) is 6.86. The van der Waals surface area contributed by atoms with Crippen molar-refractivity contribution in [3.05, 3.63) is 0 Å². The van der Waals surface area contributed by atoms with Crippen LogP contribution in [-0.4, -0.2) is 34.7 Å². The third-order valence-electron chi connectivity index (χ3n) is 5.57. The third kappa shape index (κ3) is 1.87. The minimum absolute atomic E-state index is 0.469. The van der Waals surface area contributed by atoms with Gasteiger partial charge in [-0.05, 0) is 50.9 Å². The summed E-state index contributed by atoms with van der Waals surface area (Å²) >= 11 is 0. The predicted molar refractivity (Wildman–Crippen MR) is 69.8 cm³/mol. The fourth-order valence-corrected chi connectivity index (χ4v) is 3.90. The molecule has 0 aromatic carbocycles. The topological polar surface area (TPSA) is 47.3 Å². The first-order valence-corrected chi connectivity index (χ1v) is 7.46. The summed E-state index contributed by atoms with van der Waals surface area (Å²) in [5, 5.41) is 20.7. The van der Waals surface area contributed by atoms with Gasteiger partial charge in [-0.15, -0.1) is 0 Å². The standard InChI is InChI=1S/C15H24N2O/c1-12-4-6-14(10-16,7-5-12)15(18)8-9-17(11-15)13-2-3-13/h12-13,18H,2-9,11H2,1H3. The Morgan fingerprint density at radius 1 is 1.17 bits per heavy atom. The summed E-state index contributed by atoms with van der Waals surface area (Å²) in [6.07, 6.45) is 7.34. The number of likely N-dealkylation sites (tertiary alicyclic amines) is 1. The van der Waals surface area contributed by atoms with E-state index in [1.807, 2.05) is 0 Å². The fourth-order valence-electron chi connectivity index (χ4n) is 3.90. The Balaban J connectivity index is 1.76. The molecule has 3 fully saturated rings. The van der Waals surface area contributed by atoms with Gasteiger partial charge in [-0.25, -0.2) is 0 Å². The summed E-state index contributed by atoms with van der Waals surface area (Å²) in [6.45, 7) is 3.98. The summed E-state index contributed by atoms with van der Waals surface area (Å²) in [4.78, 5) is 2.41. The van der Waals surface area contributed by atoms with Crippen LogP contribution in [0.4, 0.5) is 0 Å². The van der Waals surface area contributed by atoms with Gasteiger partial charge >= 0.3 is 0 Å². The SMILES string of the molecule is CC1CCC(C#N)(C2(O)CCN(C3CC3)C2)CC1. The zero-order chi connectivity index (χ0) is 12.8. The molecular weight excluding hydrogens is 224 g/mol. The Kier molecular flexibility index (Phi) is 2.91. The van der Waals surface area contributed by atoms with E-state index >= 15 is 0 Å². The van der Waals surface area contributed by atoms with Crippen molar-refractivity contribution >= 4 is 0 Å². The van der Waals surface area contributed by atoms with Crippen molar-refractivity contribution in [2.45, 2.75) is 63.5 Å². The van der Waals surface area contributed by atoms with E-state index in [0.717, 1.165) is 51.1 Å². The number of nitrogens with zero attached hydrogens (tertiary/aromatic N) is 2. The Bertz CT molecular complexity index is 363. The highest BCUT2D eigenvalue weighted by Crippen LogP contribution is 2.50. The number of hydrogen-bond acceptors (Lipinski definition) is 3. The van der Waals surface area contributed by atoms with E-state index in [1.165, 1.54) is 12.8 Å². The van der Waals surface area contributed by atoms with Crippen molar-refractivity contribution in [2.75, 3.05) is 13.1 Å². The number of hydrogen-bond donors (Lipinski definition) is 1. The number of rotatable bonds is 2. The fraction of sp³-hybridized carbons (Fsp3) is 0.933. The first-order valence-electron chi connectivity index (χ1n) is 7.46. The van der Waals surface area contributed by atoms with Crippen molar-refractivity contribution in [3.8, 4) is 6.07 Å². The van der Waals surface area contributed by atoms with Crippen LogP contribution in [0.25, 0.3) is 0 Å². The second kappa shape index (κ2) is 4.21. The molecule has 1 unspecified atom stereocenters. The molecule has 1 aliphatic heterocycles. The molecule has 3 rings (SSSR count). The molecule has 2 aliphatic carbocycles. The third-order valence-corrected chi connectivity index (χ3v) is 5.57. The molecule has 100 valence electrons. The number of nitriles is 1. The molecule has 0 bridgehead atoms. The number of β-amino-alcohol motifs (C(OH)–C–C–N with tert-alkyl or cyclic N) is 1. The molecule has 1 N–H and O–H groups in total. The molecule has 0 aromatic rings. The molecule has 1 saturated heterocycles. The minimum atomic E-state index is -0.746. The Hall–Kier alpha value is -0.590. The Morgan fingerprint density at radius 2 is 1.83 bits per heavy atom. The van der Waals surface area contributed by atoms with Crippen LogP contribution < -0.4 is 0 Å². The first kappa shape index (κ1) is 12.4. The zero-order valence-electron chi connectivity index (χ0n) is 11.4. The maximum atomic E-state index is 11.0. The van der Waals surface area contributed by atoms with Gasteiger partial charge in [0.15, 0.2) is 0 Å². The summed E-state index contributed by atoms with van der Waals surface area (Å²) in [7, 11) is 0. The van der Waals surface area contributed by atoms with E-state index < -0.39 is 11.0 Å². The second-order valence-corrected chi connectivity index (χ2v) is 6.86. The predicted octanol–water partition coefficient (Wildman–Crippen LogP) is 2.31. The monoisotopic (exact) mass is 248 g/mol. The molecule has 3 aliphatic rings. The largest absolute Gasteiger partial charge is 0.387 e. The van der Waals surface area contributed by atoms with Crippen LogP contribution in [0.3, 0.4) is 0 Å². The van der Waals surface area contributed by atoms with E-state index in [-0.39, 0.29) is 0 Å². The van der Waals surface area contributed by atoms with Gasteiger partial charge in [0.25, 0.3) is 0 Å². The van der Waals surface area contributed by atoms with Gasteiger partial charge in [0.05, 0.1) is 17.1 Å². The van der Waals surface area contributed by atoms with Crippen LogP contribution in [0.5, 0.6) is 0 Å². The minimum Gasteiger partial charge on any atom is -0.387 e. The molecule has 18 heavy (non-hydrogen) atoms. The van der Waals surface area contributed by atoms with Crippen LogP contribution >= 0.6 is 0 Å². The molecule has 0 spiro atoms. The van der Waals surface area contributed by atoms with Crippen molar-refractivity contribution < 1.29 is 5.11 Å². The molecule has 3 heteroatoms. The lowest BCUT2D eigenvalue weighted by Gasteiger charge is -2.44. The van der Waals surface area contributed by atoms with E-state index in [1.54, 1.807) is 0 Å². The van der Waals surface area contributed by atoms with Crippen LogP contribution in [0.15, 0.2) is 0 Å². The average Bonchev–Trinajstić information content (AvgIpc) is 3.14. The highest BCUT2D eigenvalue weighted by molar-refractivity contribution is 5.16. The highest BCUT2D eigenvalue weighted by Gasteiger charge is 2.56. The van der Waals surface area contributed by atoms with Crippen molar-refractivity contribution in [1.82, 2.24) is 4.90 Å². The number of aliphatic hydroxyl groups is 1. The summed E-state index contributed by atoms with van der Waals surface area (Å²) < 4.78 is 0. The highest BCUT2D eigenvalue weighted by atomic mass is 16.3. The van der Waals surface area contributed by atoms with Crippen molar-refractivity contribution in [3.63, 3.8) is 0 Å². The lowest BCUT2D eigenvalue weighted by atomic mass is 9.62. The van der Waals surface area contributed by atoms with Gasteiger partial charge in [-0.1, -0.05) is 6.92 Å². The molecule has 1 atom stereocenters. The maximum Gasteiger partial charge on any atom is 0.0971 e. The molecule has 1 heterocycles. The molecule has 0 amide bonds. The van der Waals surface area contributed by atoms with Gasteiger partial charge < -0.3 is 5.11 Å². The van der Waals surface area contributed by atoms with Crippen LogP contribution in [0.2, 0.25) is 0 Å². The maximum absolute atomic E-state index is 11.0. The van der Waals surface area contributed by atoms with E-state index in [4.69, 9.17) is 0 Å². The summed E-state index contributed by atoms with van der Waals surface area (Å²) in [5.41, 5.74) is -1.21. The van der Waals surface area contributed by atoms with E-state index in [9.17, 15) is 10.4 Å².